The Morgan fingerprint density at radius 1 is 1.26 bits per heavy atom. The fourth-order valence-electron chi connectivity index (χ4n) is 1.26. The molecule has 0 unspecified atom stereocenters. The molecule has 0 aliphatic heterocycles. The highest BCUT2D eigenvalue weighted by molar-refractivity contribution is 5.89. The van der Waals surface area contributed by atoms with E-state index in [1.165, 1.54) is 0 Å². The predicted molar refractivity (Wildman–Crippen MR) is 70.3 cm³/mol. The van der Waals surface area contributed by atoms with E-state index in [1.54, 1.807) is 24.3 Å². The number of benzene rings is 1. The Hall–Kier alpha value is -2.28. The van der Waals surface area contributed by atoms with Gasteiger partial charge in [0.15, 0.2) is 6.61 Å². The minimum atomic E-state index is -1.04. The summed E-state index contributed by atoms with van der Waals surface area (Å²) in [5.41, 5.74) is 5.90. The van der Waals surface area contributed by atoms with E-state index in [-0.39, 0.29) is 6.03 Å². The van der Waals surface area contributed by atoms with E-state index >= 15 is 0 Å². The van der Waals surface area contributed by atoms with Crippen molar-refractivity contribution in [2.75, 3.05) is 25.0 Å². The van der Waals surface area contributed by atoms with Gasteiger partial charge in [-0.3, -0.25) is 0 Å². The molecule has 5 N–H and O–H groups in total. The normalized spacial score (nSPS) is 9.74. The van der Waals surface area contributed by atoms with E-state index in [2.05, 4.69) is 10.6 Å². The van der Waals surface area contributed by atoms with Crippen LogP contribution in [0.15, 0.2) is 24.3 Å². The van der Waals surface area contributed by atoms with Gasteiger partial charge in [-0.15, -0.1) is 0 Å². The molecule has 0 fully saturated rings. The van der Waals surface area contributed by atoms with Gasteiger partial charge in [0, 0.05) is 12.2 Å². The van der Waals surface area contributed by atoms with Crippen LogP contribution in [0.3, 0.4) is 0 Å². The second-order valence-electron chi connectivity index (χ2n) is 3.73. The molecule has 0 heterocycles. The molecule has 0 spiro atoms. The highest BCUT2D eigenvalue weighted by Gasteiger charge is 2.02. The maximum Gasteiger partial charge on any atom is 0.341 e. The Morgan fingerprint density at radius 3 is 2.53 bits per heavy atom. The molecule has 0 atom stereocenters. The van der Waals surface area contributed by atoms with Crippen molar-refractivity contribution in [3.63, 3.8) is 0 Å². The standard InChI is InChI=1S/C12H17N3O4/c13-6-1-7-14-12(18)15-9-2-4-10(5-3-9)19-8-11(16)17/h2-5H,1,6-8,13H2,(H,16,17)(H2,14,15,18). The smallest absolute Gasteiger partial charge is 0.341 e. The number of hydrogen-bond donors (Lipinski definition) is 4. The zero-order chi connectivity index (χ0) is 14.1. The predicted octanol–water partition coefficient (Wildman–Crippen LogP) is 0.620. The van der Waals surface area contributed by atoms with E-state index in [0.717, 1.165) is 6.42 Å². The van der Waals surface area contributed by atoms with Crippen LogP contribution in [-0.4, -0.2) is 36.8 Å². The lowest BCUT2D eigenvalue weighted by Crippen LogP contribution is -2.30. The van der Waals surface area contributed by atoms with E-state index in [9.17, 15) is 9.59 Å². The summed E-state index contributed by atoms with van der Waals surface area (Å²) in [5.74, 6) is -0.613. The fraction of sp³-hybridized carbons (Fsp3) is 0.333. The summed E-state index contributed by atoms with van der Waals surface area (Å²) < 4.78 is 4.97. The second kappa shape index (κ2) is 7.93. The third-order valence-corrected chi connectivity index (χ3v) is 2.14. The van der Waals surface area contributed by atoms with E-state index < -0.39 is 12.6 Å². The summed E-state index contributed by atoms with van der Waals surface area (Å²) in [4.78, 5) is 21.7. The summed E-state index contributed by atoms with van der Waals surface area (Å²) in [6.45, 7) is 0.643. The number of nitrogens with two attached hydrogens (primary N) is 1. The van der Waals surface area contributed by atoms with Crippen LogP contribution >= 0.6 is 0 Å². The van der Waals surface area contributed by atoms with Crippen molar-refractivity contribution in [1.29, 1.82) is 0 Å². The lowest BCUT2D eigenvalue weighted by molar-refractivity contribution is -0.139. The number of hydrogen-bond acceptors (Lipinski definition) is 4. The first-order valence-electron chi connectivity index (χ1n) is 5.81. The number of carboxylic acids is 1. The molecule has 0 aliphatic rings. The summed E-state index contributed by atoms with van der Waals surface area (Å²) in [7, 11) is 0. The van der Waals surface area contributed by atoms with Gasteiger partial charge in [0.05, 0.1) is 0 Å². The second-order valence-corrected chi connectivity index (χ2v) is 3.73. The molecule has 0 saturated carbocycles. The van der Waals surface area contributed by atoms with Crippen molar-refractivity contribution >= 4 is 17.7 Å². The van der Waals surface area contributed by atoms with Crippen LogP contribution in [-0.2, 0) is 4.79 Å². The van der Waals surface area contributed by atoms with Crippen molar-refractivity contribution < 1.29 is 19.4 Å². The molecule has 7 nitrogen and oxygen atoms in total. The van der Waals surface area contributed by atoms with Crippen LogP contribution < -0.4 is 21.1 Å². The number of rotatable bonds is 7. The summed E-state index contributed by atoms with van der Waals surface area (Å²) in [6.07, 6.45) is 0.718. The van der Waals surface area contributed by atoms with Gasteiger partial charge in [0.2, 0.25) is 0 Å². The number of anilines is 1. The van der Waals surface area contributed by atoms with Gasteiger partial charge in [0.1, 0.15) is 5.75 Å². The Balaban J connectivity index is 2.39. The molecule has 0 saturated heterocycles. The molecular weight excluding hydrogens is 250 g/mol. The van der Waals surface area contributed by atoms with Gasteiger partial charge < -0.3 is 26.2 Å². The zero-order valence-corrected chi connectivity index (χ0v) is 10.4. The van der Waals surface area contributed by atoms with Crippen molar-refractivity contribution in [3.8, 4) is 5.75 Å². The average molecular weight is 267 g/mol. The minimum Gasteiger partial charge on any atom is -0.482 e. The highest BCUT2D eigenvalue weighted by Crippen LogP contribution is 2.15. The number of ether oxygens (including phenoxy) is 1. The topological polar surface area (TPSA) is 114 Å². The molecule has 0 aromatic heterocycles. The number of carbonyl (C=O) groups is 2. The molecule has 1 rings (SSSR count). The molecule has 19 heavy (non-hydrogen) atoms. The van der Waals surface area contributed by atoms with Crippen LogP contribution in [0.1, 0.15) is 6.42 Å². The minimum absolute atomic E-state index is 0.312. The lowest BCUT2D eigenvalue weighted by atomic mass is 10.3. The van der Waals surface area contributed by atoms with Crippen molar-refractivity contribution in [3.05, 3.63) is 24.3 Å². The quantitative estimate of drug-likeness (QED) is 0.541. The van der Waals surface area contributed by atoms with Crippen molar-refractivity contribution in [2.45, 2.75) is 6.42 Å². The van der Waals surface area contributed by atoms with Gasteiger partial charge >= 0.3 is 12.0 Å². The largest absolute Gasteiger partial charge is 0.482 e. The molecule has 0 bridgehead atoms. The van der Waals surface area contributed by atoms with E-state index in [1.807, 2.05) is 0 Å². The SMILES string of the molecule is NCCCNC(=O)Nc1ccc(OCC(=O)O)cc1. The van der Waals surface area contributed by atoms with E-state index in [0.29, 0.717) is 24.5 Å². The first kappa shape index (κ1) is 14.8. The van der Waals surface area contributed by atoms with Crippen molar-refractivity contribution in [2.24, 2.45) is 5.73 Å². The Morgan fingerprint density at radius 2 is 1.95 bits per heavy atom. The summed E-state index contributed by atoms with van der Waals surface area (Å²) in [5, 5.41) is 13.7. The average Bonchev–Trinajstić information content (AvgIpc) is 2.38. The summed E-state index contributed by atoms with van der Waals surface area (Å²) in [6, 6.07) is 6.10. The molecule has 1 aromatic rings. The maximum absolute atomic E-state index is 11.4. The van der Waals surface area contributed by atoms with Crippen LogP contribution in [0.25, 0.3) is 0 Å². The van der Waals surface area contributed by atoms with Gasteiger partial charge in [-0.25, -0.2) is 9.59 Å². The van der Waals surface area contributed by atoms with E-state index in [4.69, 9.17) is 15.6 Å². The third-order valence-electron chi connectivity index (χ3n) is 2.14. The maximum atomic E-state index is 11.4. The summed E-state index contributed by atoms with van der Waals surface area (Å²) >= 11 is 0. The number of amides is 2. The monoisotopic (exact) mass is 267 g/mol. The third kappa shape index (κ3) is 6.27. The Kier molecular flexibility index (Phi) is 6.17. The first-order valence-corrected chi connectivity index (χ1v) is 5.81. The lowest BCUT2D eigenvalue weighted by Gasteiger charge is -2.08. The number of carboxylic acid groups (broad SMARTS) is 1. The van der Waals surface area contributed by atoms with Gasteiger partial charge in [-0.1, -0.05) is 0 Å². The van der Waals surface area contributed by atoms with Crippen LogP contribution in [0.4, 0.5) is 10.5 Å². The Labute approximate surface area is 110 Å². The van der Waals surface area contributed by atoms with Gasteiger partial charge in [-0.2, -0.15) is 0 Å². The number of urea groups is 1. The van der Waals surface area contributed by atoms with Gasteiger partial charge in [0.25, 0.3) is 0 Å². The molecular formula is C12H17N3O4. The van der Waals surface area contributed by atoms with Gasteiger partial charge in [-0.05, 0) is 37.2 Å². The zero-order valence-electron chi connectivity index (χ0n) is 10.4. The Bertz CT molecular complexity index is 419. The molecule has 104 valence electrons. The van der Waals surface area contributed by atoms with Crippen LogP contribution in [0, 0.1) is 0 Å². The number of carbonyl (C=O) groups excluding carboxylic acids is 1. The molecule has 0 radical (unpaired) electrons. The first-order chi connectivity index (χ1) is 9.11. The molecule has 7 heteroatoms. The molecule has 0 aliphatic carbocycles. The van der Waals surface area contributed by atoms with Crippen molar-refractivity contribution in [1.82, 2.24) is 5.32 Å². The molecule has 1 aromatic carbocycles. The number of aliphatic carboxylic acids is 1. The fourth-order valence-corrected chi connectivity index (χ4v) is 1.26. The van der Waals surface area contributed by atoms with Crippen LogP contribution in [0.5, 0.6) is 5.75 Å². The van der Waals surface area contributed by atoms with Crippen LogP contribution in [0.2, 0.25) is 0 Å². The highest BCUT2D eigenvalue weighted by atomic mass is 16.5. The number of nitrogens with one attached hydrogen (secondary N) is 2. The molecule has 2 amide bonds.